The molecule has 0 atom stereocenters. The summed E-state index contributed by atoms with van der Waals surface area (Å²) in [5.74, 6) is -2.84. The molecule has 0 bridgehead atoms. The van der Waals surface area contributed by atoms with Gasteiger partial charge in [0, 0.05) is 17.7 Å². The average molecular weight is 232 g/mol. The Morgan fingerprint density at radius 2 is 1.75 bits per heavy atom. The minimum atomic E-state index is -0.947. The summed E-state index contributed by atoms with van der Waals surface area (Å²) in [6, 6.07) is 1.24. The van der Waals surface area contributed by atoms with E-state index in [1.807, 2.05) is 0 Å². The lowest BCUT2D eigenvalue weighted by molar-refractivity contribution is -0.0789. The minimum Gasteiger partial charge on any atom is -0.393 e. The highest BCUT2D eigenvalue weighted by molar-refractivity contribution is 5.20. The van der Waals surface area contributed by atoms with Gasteiger partial charge in [-0.15, -0.1) is 0 Å². The zero-order valence-electron chi connectivity index (χ0n) is 8.42. The summed E-state index contributed by atoms with van der Waals surface area (Å²) in [4.78, 5) is 0. The van der Waals surface area contributed by atoms with E-state index in [9.17, 15) is 13.2 Å². The van der Waals surface area contributed by atoms with Crippen LogP contribution in [0.1, 0.15) is 18.4 Å². The fourth-order valence-electron chi connectivity index (χ4n) is 1.59. The van der Waals surface area contributed by atoms with Gasteiger partial charge in [0.25, 0.3) is 0 Å². The van der Waals surface area contributed by atoms with Crippen LogP contribution in [0, 0.1) is 17.5 Å². The maximum Gasteiger partial charge on any atom is 0.134 e. The molecule has 1 aromatic carbocycles. The molecule has 0 aliphatic heterocycles. The van der Waals surface area contributed by atoms with Crippen LogP contribution < -0.4 is 0 Å². The maximum absolute atomic E-state index is 13.2. The van der Waals surface area contributed by atoms with Crippen LogP contribution in [0.25, 0.3) is 0 Å². The van der Waals surface area contributed by atoms with Crippen molar-refractivity contribution in [3.8, 4) is 0 Å². The summed E-state index contributed by atoms with van der Waals surface area (Å²) in [6.07, 6.45) is 0.404. The van der Waals surface area contributed by atoms with Gasteiger partial charge in [0.2, 0.25) is 0 Å². The lowest BCUT2D eigenvalue weighted by Crippen LogP contribution is -2.35. The predicted molar refractivity (Wildman–Crippen MR) is 50.1 cm³/mol. The van der Waals surface area contributed by atoms with Gasteiger partial charge in [-0.05, 0) is 12.8 Å². The normalized spacial score (nSPS) is 24.2. The van der Waals surface area contributed by atoms with Crippen LogP contribution in [0.15, 0.2) is 12.1 Å². The Bertz CT molecular complexity index is 366. The molecule has 0 unspecified atom stereocenters. The lowest BCUT2D eigenvalue weighted by atomic mass is 9.92. The molecule has 1 fully saturated rings. The van der Waals surface area contributed by atoms with Crippen molar-refractivity contribution in [2.75, 3.05) is 0 Å². The number of hydrogen-bond donors (Lipinski definition) is 1. The molecule has 1 N–H and O–H groups in total. The lowest BCUT2D eigenvalue weighted by Gasteiger charge is -2.31. The Kier molecular flexibility index (Phi) is 3.16. The van der Waals surface area contributed by atoms with E-state index in [0.717, 1.165) is 0 Å². The Balaban J connectivity index is 1.98. The van der Waals surface area contributed by atoms with Crippen LogP contribution in [0.2, 0.25) is 0 Å². The molecular formula is C11H11F3O2. The van der Waals surface area contributed by atoms with Gasteiger partial charge in [-0.3, -0.25) is 0 Å². The standard InChI is InChI=1S/C11H11F3O2/c12-6-1-10(13)9(11(14)2-6)5-16-8-3-7(15)4-8/h1-2,7-8,15H,3-5H2/t7-,8+. The van der Waals surface area contributed by atoms with Gasteiger partial charge in [0.05, 0.1) is 18.8 Å². The molecule has 1 saturated carbocycles. The van der Waals surface area contributed by atoms with Crippen molar-refractivity contribution in [3.05, 3.63) is 35.1 Å². The van der Waals surface area contributed by atoms with Gasteiger partial charge in [0.1, 0.15) is 17.5 Å². The Morgan fingerprint density at radius 1 is 1.19 bits per heavy atom. The molecule has 0 amide bonds. The van der Waals surface area contributed by atoms with Crippen molar-refractivity contribution in [1.82, 2.24) is 0 Å². The van der Waals surface area contributed by atoms with E-state index in [0.29, 0.717) is 25.0 Å². The molecular weight excluding hydrogens is 221 g/mol. The third-order valence-corrected chi connectivity index (χ3v) is 2.64. The van der Waals surface area contributed by atoms with Crippen molar-refractivity contribution in [2.24, 2.45) is 0 Å². The number of benzene rings is 1. The van der Waals surface area contributed by atoms with Gasteiger partial charge < -0.3 is 9.84 Å². The van der Waals surface area contributed by atoms with E-state index in [2.05, 4.69) is 0 Å². The van der Waals surface area contributed by atoms with E-state index >= 15 is 0 Å². The number of ether oxygens (including phenoxy) is 1. The molecule has 5 heteroatoms. The van der Waals surface area contributed by atoms with E-state index in [-0.39, 0.29) is 24.4 Å². The number of halogens is 3. The summed E-state index contributed by atoms with van der Waals surface area (Å²) in [6.45, 7) is -0.241. The molecule has 2 nitrogen and oxygen atoms in total. The van der Waals surface area contributed by atoms with Crippen LogP contribution in [-0.4, -0.2) is 17.3 Å². The smallest absolute Gasteiger partial charge is 0.134 e. The molecule has 0 heterocycles. The Hall–Kier alpha value is -1.07. The minimum absolute atomic E-state index is 0.168. The molecule has 0 radical (unpaired) electrons. The van der Waals surface area contributed by atoms with Gasteiger partial charge in [-0.1, -0.05) is 0 Å². The SMILES string of the molecule is O[C@H]1C[C@@H](OCc2c(F)cc(F)cc2F)C1. The zero-order chi connectivity index (χ0) is 11.7. The molecule has 16 heavy (non-hydrogen) atoms. The van der Waals surface area contributed by atoms with Gasteiger partial charge in [-0.25, -0.2) is 13.2 Å². The van der Waals surface area contributed by atoms with Crippen molar-refractivity contribution >= 4 is 0 Å². The average Bonchev–Trinajstić information content (AvgIpc) is 2.12. The van der Waals surface area contributed by atoms with Gasteiger partial charge >= 0.3 is 0 Å². The van der Waals surface area contributed by atoms with Crippen LogP contribution >= 0.6 is 0 Å². The Labute approximate surface area is 90.7 Å². The molecule has 2 rings (SSSR count). The third-order valence-electron chi connectivity index (χ3n) is 2.64. The van der Waals surface area contributed by atoms with Crippen molar-refractivity contribution in [3.63, 3.8) is 0 Å². The van der Waals surface area contributed by atoms with Crippen LogP contribution in [0.4, 0.5) is 13.2 Å². The molecule has 0 saturated heterocycles. The molecule has 88 valence electrons. The highest BCUT2D eigenvalue weighted by atomic mass is 19.1. The topological polar surface area (TPSA) is 29.5 Å². The summed E-state index contributed by atoms with van der Waals surface area (Å²) in [5, 5.41) is 8.98. The number of aliphatic hydroxyl groups is 1. The molecule has 0 aromatic heterocycles. The first-order valence-electron chi connectivity index (χ1n) is 4.99. The first kappa shape index (κ1) is 11.4. The first-order chi connectivity index (χ1) is 7.56. The van der Waals surface area contributed by atoms with Crippen LogP contribution in [0.3, 0.4) is 0 Å². The highest BCUT2D eigenvalue weighted by Crippen LogP contribution is 2.25. The summed E-state index contributed by atoms with van der Waals surface area (Å²) >= 11 is 0. The summed E-state index contributed by atoms with van der Waals surface area (Å²) in [7, 11) is 0. The fraction of sp³-hybridized carbons (Fsp3) is 0.455. The van der Waals surface area contributed by atoms with E-state index in [4.69, 9.17) is 9.84 Å². The van der Waals surface area contributed by atoms with E-state index in [1.165, 1.54) is 0 Å². The van der Waals surface area contributed by atoms with Crippen LogP contribution in [0.5, 0.6) is 0 Å². The highest BCUT2D eigenvalue weighted by Gasteiger charge is 2.28. The summed E-state index contributed by atoms with van der Waals surface area (Å²) < 4.78 is 44.1. The van der Waals surface area contributed by atoms with E-state index in [1.54, 1.807) is 0 Å². The predicted octanol–water partition coefficient (Wildman–Crippen LogP) is 2.14. The van der Waals surface area contributed by atoms with Crippen molar-refractivity contribution < 1.29 is 23.0 Å². The van der Waals surface area contributed by atoms with Crippen molar-refractivity contribution in [2.45, 2.75) is 31.7 Å². The third kappa shape index (κ3) is 2.36. The second-order valence-electron chi connectivity index (χ2n) is 3.91. The second-order valence-corrected chi connectivity index (χ2v) is 3.91. The monoisotopic (exact) mass is 232 g/mol. The number of aliphatic hydroxyl groups excluding tert-OH is 1. The molecule has 1 aliphatic carbocycles. The van der Waals surface area contributed by atoms with E-state index < -0.39 is 17.5 Å². The van der Waals surface area contributed by atoms with Crippen molar-refractivity contribution in [1.29, 1.82) is 0 Å². The first-order valence-corrected chi connectivity index (χ1v) is 4.99. The zero-order valence-corrected chi connectivity index (χ0v) is 8.42. The number of hydrogen-bond acceptors (Lipinski definition) is 2. The Morgan fingerprint density at radius 3 is 2.25 bits per heavy atom. The van der Waals surface area contributed by atoms with Gasteiger partial charge in [0.15, 0.2) is 0 Å². The van der Waals surface area contributed by atoms with Gasteiger partial charge in [-0.2, -0.15) is 0 Å². The molecule has 1 aliphatic rings. The fourth-order valence-corrected chi connectivity index (χ4v) is 1.59. The summed E-state index contributed by atoms with van der Waals surface area (Å²) in [5.41, 5.74) is -0.275. The second kappa shape index (κ2) is 4.43. The quantitative estimate of drug-likeness (QED) is 0.865. The molecule has 1 aromatic rings. The maximum atomic E-state index is 13.2. The molecule has 0 spiro atoms. The largest absolute Gasteiger partial charge is 0.393 e. The van der Waals surface area contributed by atoms with Crippen LogP contribution in [-0.2, 0) is 11.3 Å². The number of rotatable bonds is 3.